The third-order valence-corrected chi connectivity index (χ3v) is 9.77. The number of nitrogens with one attached hydrogen (secondary N) is 1. The van der Waals surface area contributed by atoms with Crippen LogP contribution in [0.5, 0.6) is 5.75 Å². The number of thiophene rings is 1. The smallest absolute Gasteiger partial charge is 0.196 e. The summed E-state index contributed by atoms with van der Waals surface area (Å²) in [6.45, 7) is 8.26. The lowest BCUT2D eigenvalue weighted by atomic mass is 9.62. The number of rotatable bonds is 5. The van der Waals surface area contributed by atoms with Crippen molar-refractivity contribution in [3.05, 3.63) is 75.6 Å². The van der Waals surface area contributed by atoms with Gasteiger partial charge < -0.3 is 14.5 Å². The van der Waals surface area contributed by atoms with E-state index in [0.717, 1.165) is 59.4 Å². The maximum absolute atomic E-state index is 15.6. The van der Waals surface area contributed by atoms with Gasteiger partial charge in [0, 0.05) is 16.0 Å². The molecule has 39 heavy (non-hydrogen) atoms. The van der Waals surface area contributed by atoms with Crippen molar-refractivity contribution in [1.82, 2.24) is 25.1 Å². The van der Waals surface area contributed by atoms with E-state index in [-0.39, 0.29) is 11.9 Å². The van der Waals surface area contributed by atoms with E-state index in [1.807, 2.05) is 13.0 Å². The highest BCUT2D eigenvalue weighted by Gasteiger charge is 2.46. The Morgan fingerprint density at radius 1 is 1.18 bits per heavy atom. The van der Waals surface area contributed by atoms with Crippen LogP contribution >= 0.6 is 11.3 Å². The van der Waals surface area contributed by atoms with Crippen molar-refractivity contribution >= 4 is 17.0 Å². The van der Waals surface area contributed by atoms with Crippen LogP contribution in [0.2, 0.25) is 0 Å². The number of benzene rings is 1. The van der Waals surface area contributed by atoms with Crippen LogP contribution in [0.15, 0.2) is 40.1 Å². The van der Waals surface area contributed by atoms with Gasteiger partial charge in [-0.05, 0) is 88.7 Å². The van der Waals surface area contributed by atoms with Crippen LogP contribution in [0.4, 0.5) is 4.39 Å². The fraction of sp³-hybridized carbons (Fsp3) is 0.448. The first kappa shape index (κ1) is 24.7. The summed E-state index contributed by atoms with van der Waals surface area (Å²) in [5, 5.41) is 13.3. The Morgan fingerprint density at radius 2 is 2.00 bits per heavy atom. The second kappa shape index (κ2) is 9.38. The van der Waals surface area contributed by atoms with E-state index in [2.05, 4.69) is 38.9 Å². The minimum atomic E-state index is -0.394. The van der Waals surface area contributed by atoms with Gasteiger partial charge in [0.1, 0.15) is 23.1 Å². The minimum Gasteiger partial charge on any atom is -0.487 e. The van der Waals surface area contributed by atoms with Gasteiger partial charge in [0.15, 0.2) is 23.3 Å². The topological polar surface area (TPSA) is 90.4 Å². The zero-order chi connectivity index (χ0) is 26.7. The second-order valence-corrected chi connectivity index (χ2v) is 12.3. The molecule has 7 rings (SSSR count). The average Bonchev–Trinajstić information content (AvgIpc) is 3.60. The molecule has 1 spiro atoms. The van der Waals surface area contributed by atoms with Crippen molar-refractivity contribution < 1.29 is 13.5 Å². The Bertz CT molecular complexity index is 1560. The number of oxazole rings is 1. The van der Waals surface area contributed by atoms with E-state index in [1.54, 1.807) is 35.9 Å². The summed E-state index contributed by atoms with van der Waals surface area (Å²) in [5.41, 5.74) is 3.92. The maximum atomic E-state index is 15.6. The molecule has 4 aromatic rings. The number of aliphatic imine (C=N–C) groups is 1. The molecule has 1 N–H and O–H groups in total. The van der Waals surface area contributed by atoms with Crippen molar-refractivity contribution in [1.29, 1.82) is 0 Å². The van der Waals surface area contributed by atoms with Crippen molar-refractivity contribution in [2.45, 2.75) is 65.0 Å². The number of fused-ring (bicyclic) bond motifs is 3. The van der Waals surface area contributed by atoms with E-state index in [1.165, 1.54) is 17.7 Å². The third-order valence-electron chi connectivity index (χ3n) is 8.58. The van der Waals surface area contributed by atoms with E-state index >= 15 is 4.39 Å². The van der Waals surface area contributed by atoms with Crippen LogP contribution in [-0.2, 0) is 6.42 Å². The monoisotopic (exact) mass is 546 g/mol. The molecule has 0 radical (unpaired) electrons. The summed E-state index contributed by atoms with van der Waals surface area (Å²) in [7, 11) is 0. The third kappa shape index (κ3) is 4.21. The van der Waals surface area contributed by atoms with Gasteiger partial charge in [-0.15, -0.1) is 21.5 Å². The standard InChI is InChI=1S/C29H31FN6O2S/c1-16-17(2)39-28-25(16)26(33-22(13-24-32-10-11-37-24)27-35-34-18(3)36(27)28)19-4-5-23(21(30)12-19)38-20-14-29(15-20)6-8-31-9-7-29/h4-5,10-12,20,22,31H,6-9,13-15H2,1-3H3/t22-/m0/s1. The first-order chi connectivity index (χ1) is 18.9. The summed E-state index contributed by atoms with van der Waals surface area (Å²) in [6, 6.07) is 4.85. The van der Waals surface area contributed by atoms with E-state index in [9.17, 15) is 0 Å². The second-order valence-electron chi connectivity index (χ2n) is 11.1. The lowest BCUT2D eigenvalue weighted by Crippen LogP contribution is -2.49. The molecule has 3 aromatic heterocycles. The molecule has 0 unspecified atom stereocenters. The number of ether oxygens (including phenoxy) is 1. The van der Waals surface area contributed by atoms with E-state index in [0.29, 0.717) is 29.0 Å². The number of aromatic nitrogens is 4. The van der Waals surface area contributed by atoms with Gasteiger partial charge in [-0.1, -0.05) is 0 Å². The molecule has 1 aliphatic carbocycles. The summed E-state index contributed by atoms with van der Waals surface area (Å²) in [6.07, 6.45) is 8.03. The van der Waals surface area contributed by atoms with Gasteiger partial charge in [0.05, 0.1) is 24.4 Å². The van der Waals surface area contributed by atoms with Gasteiger partial charge in [-0.2, -0.15) is 0 Å². The Hall–Kier alpha value is -3.37. The van der Waals surface area contributed by atoms with Gasteiger partial charge in [-0.25, -0.2) is 9.37 Å². The van der Waals surface area contributed by atoms with E-state index in [4.69, 9.17) is 14.1 Å². The fourth-order valence-corrected chi connectivity index (χ4v) is 7.54. The van der Waals surface area contributed by atoms with Gasteiger partial charge in [-0.3, -0.25) is 9.56 Å². The number of hydrogen-bond donors (Lipinski definition) is 1. The lowest BCUT2D eigenvalue weighted by Gasteiger charge is -2.49. The van der Waals surface area contributed by atoms with Gasteiger partial charge in [0.2, 0.25) is 0 Å². The summed E-state index contributed by atoms with van der Waals surface area (Å²) in [4.78, 5) is 10.7. The molecule has 1 saturated heterocycles. The van der Waals surface area contributed by atoms with Gasteiger partial charge >= 0.3 is 0 Å². The quantitative estimate of drug-likeness (QED) is 0.359. The molecule has 5 heterocycles. The maximum Gasteiger partial charge on any atom is 0.196 e. The van der Waals surface area contributed by atoms with E-state index < -0.39 is 6.04 Å². The number of aryl methyl sites for hydroxylation is 2. The fourth-order valence-electron chi connectivity index (χ4n) is 6.32. The van der Waals surface area contributed by atoms with Crippen molar-refractivity contribution in [2.75, 3.05) is 13.1 Å². The molecule has 202 valence electrons. The number of nitrogens with zero attached hydrogens (tertiary/aromatic N) is 5. The summed E-state index contributed by atoms with van der Waals surface area (Å²) < 4.78 is 29.3. The molecule has 3 aliphatic rings. The molecular formula is C29H31FN6O2S. The Labute approximate surface area is 230 Å². The SMILES string of the molecule is Cc1sc2c(c1C)C(c1ccc(OC3CC4(CCNCC4)C3)c(F)c1)=N[C@@H](Cc1ncco1)c1nnc(C)n1-2. The zero-order valence-electron chi connectivity index (χ0n) is 22.3. The molecule has 0 bridgehead atoms. The molecule has 1 saturated carbocycles. The van der Waals surface area contributed by atoms with Crippen LogP contribution < -0.4 is 10.1 Å². The molecule has 1 atom stereocenters. The molecule has 2 aliphatic heterocycles. The largest absolute Gasteiger partial charge is 0.487 e. The van der Waals surface area contributed by atoms with Gasteiger partial charge in [0.25, 0.3) is 0 Å². The normalized spacial score (nSPS) is 20.2. The molecule has 8 nitrogen and oxygen atoms in total. The first-order valence-corrected chi connectivity index (χ1v) is 14.4. The van der Waals surface area contributed by atoms with Crippen LogP contribution in [0.25, 0.3) is 5.00 Å². The Balaban J connectivity index is 1.25. The van der Waals surface area contributed by atoms with Crippen molar-refractivity contribution in [2.24, 2.45) is 10.4 Å². The summed E-state index contributed by atoms with van der Waals surface area (Å²) in [5.74, 6) is 2.01. The highest BCUT2D eigenvalue weighted by Crippen LogP contribution is 2.49. The first-order valence-electron chi connectivity index (χ1n) is 13.6. The zero-order valence-corrected chi connectivity index (χ0v) is 23.1. The molecule has 2 fully saturated rings. The van der Waals surface area contributed by atoms with Crippen LogP contribution in [0.1, 0.15) is 70.8 Å². The molecular weight excluding hydrogens is 515 g/mol. The predicted octanol–water partition coefficient (Wildman–Crippen LogP) is 5.43. The minimum absolute atomic E-state index is 0.0738. The van der Waals surface area contributed by atoms with Crippen molar-refractivity contribution in [3.63, 3.8) is 0 Å². The summed E-state index contributed by atoms with van der Waals surface area (Å²) >= 11 is 1.68. The Kier molecular flexibility index (Phi) is 5.93. The highest BCUT2D eigenvalue weighted by atomic mass is 32.1. The molecule has 0 amide bonds. The number of hydrogen-bond acceptors (Lipinski definition) is 8. The highest BCUT2D eigenvalue weighted by molar-refractivity contribution is 7.15. The van der Waals surface area contributed by atoms with Crippen LogP contribution in [0.3, 0.4) is 0 Å². The molecule has 1 aromatic carbocycles. The Morgan fingerprint density at radius 3 is 2.74 bits per heavy atom. The van der Waals surface area contributed by atoms with Crippen molar-refractivity contribution in [3.8, 4) is 10.8 Å². The number of piperidine rings is 1. The van der Waals surface area contributed by atoms with Crippen LogP contribution in [0, 0.1) is 32.0 Å². The van der Waals surface area contributed by atoms with Crippen LogP contribution in [-0.4, -0.2) is 44.7 Å². The predicted molar refractivity (Wildman–Crippen MR) is 147 cm³/mol. The lowest BCUT2D eigenvalue weighted by molar-refractivity contribution is -0.0363. The molecule has 10 heteroatoms. The average molecular weight is 547 g/mol. The number of halogens is 1.